The monoisotopic (exact) mass is 412 g/mol. The Balaban J connectivity index is 1.77. The number of hydrogen-bond donors (Lipinski definition) is 2. The molecule has 158 valence electrons. The van der Waals surface area contributed by atoms with Crippen LogP contribution in [0, 0.1) is 11.7 Å². The highest BCUT2D eigenvalue weighted by Gasteiger charge is 2.18. The summed E-state index contributed by atoms with van der Waals surface area (Å²) >= 11 is 0. The highest BCUT2D eigenvalue weighted by molar-refractivity contribution is 7.91. The van der Waals surface area contributed by atoms with E-state index in [0.29, 0.717) is 19.0 Å². The molecule has 1 aliphatic heterocycles. The second-order valence-electron chi connectivity index (χ2n) is 7.31. The Morgan fingerprint density at radius 2 is 1.96 bits per heavy atom. The van der Waals surface area contributed by atoms with Crippen molar-refractivity contribution in [2.75, 3.05) is 45.0 Å². The predicted molar refractivity (Wildman–Crippen MR) is 112 cm³/mol. The third-order valence-corrected chi connectivity index (χ3v) is 6.70. The second kappa shape index (κ2) is 11.4. The van der Waals surface area contributed by atoms with Gasteiger partial charge in [0.1, 0.15) is 10.7 Å². The van der Waals surface area contributed by atoms with Crippen LogP contribution in [0.5, 0.6) is 0 Å². The van der Waals surface area contributed by atoms with Crippen LogP contribution in [0.1, 0.15) is 33.1 Å². The van der Waals surface area contributed by atoms with Crippen LogP contribution in [0.2, 0.25) is 0 Å². The summed E-state index contributed by atoms with van der Waals surface area (Å²) < 4.78 is 38.3. The minimum absolute atomic E-state index is 0.173. The molecule has 0 aliphatic carbocycles. The molecule has 0 aromatic heterocycles. The van der Waals surface area contributed by atoms with Gasteiger partial charge in [0.05, 0.1) is 5.75 Å². The van der Waals surface area contributed by atoms with Crippen LogP contribution in [-0.4, -0.2) is 64.3 Å². The second-order valence-corrected chi connectivity index (χ2v) is 9.39. The van der Waals surface area contributed by atoms with Crippen molar-refractivity contribution in [2.24, 2.45) is 10.9 Å². The molecule has 0 spiro atoms. The van der Waals surface area contributed by atoms with Crippen molar-refractivity contribution in [2.45, 2.75) is 38.0 Å². The van der Waals surface area contributed by atoms with Crippen molar-refractivity contribution in [3.8, 4) is 0 Å². The van der Waals surface area contributed by atoms with Crippen LogP contribution in [0.3, 0.4) is 0 Å². The van der Waals surface area contributed by atoms with Crippen LogP contribution in [-0.2, 0) is 9.84 Å². The van der Waals surface area contributed by atoms with E-state index in [4.69, 9.17) is 0 Å². The molecule has 0 atom stereocenters. The Hall–Kier alpha value is -1.67. The molecule has 1 aromatic rings. The molecule has 1 heterocycles. The first-order chi connectivity index (χ1) is 13.4. The van der Waals surface area contributed by atoms with Crippen LogP contribution in [0.25, 0.3) is 0 Å². The van der Waals surface area contributed by atoms with E-state index in [0.717, 1.165) is 38.0 Å². The lowest BCUT2D eigenvalue weighted by Crippen LogP contribution is -2.40. The zero-order valence-electron chi connectivity index (χ0n) is 17.0. The van der Waals surface area contributed by atoms with E-state index in [1.54, 1.807) is 0 Å². The number of nitrogens with one attached hydrogen (secondary N) is 2. The number of sulfone groups is 1. The molecular formula is C20H33FN4O2S. The predicted octanol–water partition coefficient (Wildman–Crippen LogP) is 2.28. The van der Waals surface area contributed by atoms with Gasteiger partial charge in [-0.3, -0.25) is 4.99 Å². The Morgan fingerprint density at radius 1 is 1.25 bits per heavy atom. The average molecular weight is 413 g/mol. The van der Waals surface area contributed by atoms with E-state index in [1.165, 1.54) is 31.0 Å². The van der Waals surface area contributed by atoms with E-state index in [1.807, 2.05) is 6.92 Å². The largest absolute Gasteiger partial charge is 0.357 e. The minimum Gasteiger partial charge on any atom is -0.357 e. The third-order valence-electron chi connectivity index (χ3n) is 4.96. The lowest BCUT2D eigenvalue weighted by Gasteiger charge is -2.29. The molecular weight excluding hydrogens is 379 g/mol. The molecule has 1 fully saturated rings. The lowest BCUT2D eigenvalue weighted by molar-refractivity contribution is 0.192. The topological polar surface area (TPSA) is 73.8 Å². The Bertz CT molecular complexity index is 731. The molecule has 2 N–H and O–H groups in total. The number of likely N-dealkylation sites (tertiary alicyclic amines) is 1. The van der Waals surface area contributed by atoms with Gasteiger partial charge in [-0.25, -0.2) is 12.8 Å². The molecule has 6 nitrogen and oxygen atoms in total. The SMILES string of the molecule is CCNC(=NCCCN1CCC(C)CC1)NCCS(=O)(=O)c1ccccc1F. The summed E-state index contributed by atoms with van der Waals surface area (Å²) in [6.07, 6.45) is 3.51. The van der Waals surface area contributed by atoms with Gasteiger partial charge in [-0.1, -0.05) is 19.1 Å². The van der Waals surface area contributed by atoms with Crippen LogP contribution in [0.15, 0.2) is 34.2 Å². The summed E-state index contributed by atoms with van der Waals surface area (Å²) in [5.74, 6) is 0.526. The van der Waals surface area contributed by atoms with Crippen molar-refractivity contribution in [1.82, 2.24) is 15.5 Å². The van der Waals surface area contributed by atoms with Crippen LogP contribution >= 0.6 is 0 Å². The molecule has 0 amide bonds. The summed E-state index contributed by atoms with van der Waals surface area (Å²) in [4.78, 5) is 6.75. The molecule has 0 radical (unpaired) electrons. The first-order valence-electron chi connectivity index (χ1n) is 10.1. The number of halogens is 1. The van der Waals surface area contributed by atoms with Crippen molar-refractivity contribution in [3.05, 3.63) is 30.1 Å². The van der Waals surface area contributed by atoms with E-state index < -0.39 is 15.7 Å². The van der Waals surface area contributed by atoms with Gasteiger partial charge >= 0.3 is 0 Å². The number of nitrogens with zero attached hydrogens (tertiary/aromatic N) is 2. The molecule has 1 aromatic carbocycles. The Morgan fingerprint density at radius 3 is 2.64 bits per heavy atom. The summed E-state index contributed by atoms with van der Waals surface area (Å²) in [5.41, 5.74) is 0. The van der Waals surface area contributed by atoms with Crippen molar-refractivity contribution in [1.29, 1.82) is 0 Å². The molecule has 1 saturated heterocycles. The van der Waals surface area contributed by atoms with Gasteiger partial charge in [-0.05, 0) is 63.9 Å². The standard InChI is InChI=1S/C20H33FN4O2S/c1-3-22-20(23-11-6-13-25-14-9-17(2)10-15-25)24-12-16-28(26,27)19-8-5-4-7-18(19)21/h4-5,7-8,17H,3,6,9-16H2,1-2H3,(H2,22,23,24). The molecule has 0 unspecified atom stereocenters. The Labute approximate surface area is 168 Å². The van der Waals surface area contributed by atoms with Gasteiger partial charge in [0, 0.05) is 19.6 Å². The zero-order chi connectivity index (χ0) is 20.4. The fourth-order valence-electron chi connectivity index (χ4n) is 3.22. The summed E-state index contributed by atoms with van der Waals surface area (Å²) in [6, 6.07) is 5.46. The van der Waals surface area contributed by atoms with Crippen LogP contribution in [0.4, 0.5) is 4.39 Å². The number of hydrogen-bond acceptors (Lipinski definition) is 4. The average Bonchev–Trinajstić information content (AvgIpc) is 2.66. The number of aliphatic imine (C=N–C) groups is 1. The van der Waals surface area contributed by atoms with E-state index in [9.17, 15) is 12.8 Å². The van der Waals surface area contributed by atoms with E-state index >= 15 is 0 Å². The summed E-state index contributed by atoms with van der Waals surface area (Å²) in [7, 11) is -3.67. The zero-order valence-corrected chi connectivity index (χ0v) is 17.8. The number of piperidine rings is 1. The summed E-state index contributed by atoms with van der Waals surface area (Å²) in [6.45, 7) is 9.18. The fourth-order valence-corrected chi connectivity index (χ4v) is 4.47. The van der Waals surface area contributed by atoms with Gasteiger partial charge in [-0.2, -0.15) is 0 Å². The highest BCUT2D eigenvalue weighted by atomic mass is 32.2. The molecule has 28 heavy (non-hydrogen) atoms. The fraction of sp³-hybridized carbons (Fsp3) is 0.650. The first kappa shape index (κ1) is 22.6. The van der Waals surface area contributed by atoms with E-state index in [2.05, 4.69) is 27.4 Å². The maximum atomic E-state index is 13.7. The van der Waals surface area contributed by atoms with Crippen molar-refractivity contribution >= 4 is 15.8 Å². The van der Waals surface area contributed by atoms with Crippen molar-refractivity contribution < 1.29 is 12.8 Å². The number of rotatable bonds is 9. The maximum Gasteiger partial charge on any atom is 0.191 e. The normalized spacial score (nSPS) is 16.9. The smallest absolute Gasteiger partial charge is 0.191 e. The number of guanidine groups is 1. The van der Waals surface area contributed by atoms with Crippen molar-refractivity contribution in [3.63, 3.8) is 0 Å². The molecule has 2 rings (SSSR count). The molecule has 1 aliphatic rings. The lowest BCUT2D eigenvalue weighted by atomic mass is 9.99. The number of benzene rings is 1. The van der Waals surface area contributed by atoms with E-state index in [-0.39, 0.29) is 17.2 Å². The van der Waals surface area contributed by atoms with Gasteiger partial charge in [-0.15, -0.1) is 0 Å². The van der Waals surface area contributed by atoms with Gasteiger partial charge in [0.2, 0.25) is 0 Å². The molecule has 0 bridgehead atoms. The quantitative estimate of drug-likeness (QED) is 0.370. The first-order valence-corrected chi connectivity index (χ1v) is 11.8. The molecule has 0 saturated carbocycles. The van der Waals surface area contributed by atoms with Gasteiger partial charge in [0.25, 0.3) is 0 Å². The van der Waals surface area contributed by atoms with Gasteiger partial charge < -0.3 is 15.5 Å². The third kappa shape index (κ3) is 7.39. The summed E-state index contributed by atoms with van der Waals surface area (Å²) in [5, 5.41) is 6.15. The minimum atomic E-state index is -3.67. The Kier molecular flexibility index (Phi) is 9.18. The van der Waals surface area contributed by atoms with Gasteiger partial charge in [0.15, 0.2) is 15.8 Å². The molecule has 8 heteroatoms. The maximum absolute atomic E-state index is 13.7. The van der Waals surface area contributed by atoms with Crippen LogP contribution < -0.4 is 10.6 Å². The highest BCUT2D eigenvalue weighted by Crippen LogP contribution is 2.16.